The Morgan fingerprint density at radius 1 is 1.75 bits per heavy atom. The number of aliphatic hydroxyl groups is 1. The average Bonchev–Trinajstić information content (AvgIpc) is 2.17. The molecule has 0 radical (unpaired) electrons. The Hall–Kier alpha value is 0.650. The Bertz CT molecular complexity index is 78.5. The molecule has 1 atom stereocenters. The molecular formula is C5H9IO2. The molecule has 0 aromatic heterocycles. The Morgan fingerprint density at radius 2 is 2.50 bits per heavy atom. The highest BCUT2D eigenvalue weighted by molar-refractivity contribution is 14.1. The van der Waals surface area contributed by atoms with Crippen LogP contribution in [-0.2, 0) is 4.74 Å². The third-order valence-electron chi connectivity index (χ3n) is 1.34. The van der Waals surface area contributed by atoms with Crippen molar-refractivity contribution in [2.75, 3.05) is 19.8 Å². The topological polar surface area (TPSA) is 29.5 Å². The molecule has 1 rings (SSSR count). The molecule has 8 heavy (non-hydrogen) atoms. The molecule has 3 heteroatoms. The van der Waals surface area contributed by atoms with E-state index in [9.17, 15) is 0 Å². The van der Waals surface area contributed by atoms with Gasteiger partial charge in [0, 0.05) is 6.61 Å². The molecule has 2 nitrogen and oxygen atoms in total. The lowest BCUT2D eigenvalue weighted by Gasteiger charge is -2.13. The second-order valence-electron chi connectivity index (χ2n) is 2.11. The molecule has 1 saturated heterocycles. The van der Waals surface area contributed by atoms with Crippen molar-refractivity contribution in [1.29, 1.82) is 0 Å². The minimum absolute atomic E-state index is 0.0394. The van der Waals surface area contributed by atoms with E-state index in [2.05, 4.69) is 22.6 Å². The fraction of sp³-hybridized carbons (Fsp3) is 1.00. The maximum atomic E-state index is 8.74. The van der Waals surface area contributed by atoms with E-state index in [4.69, 9.17) is 9.84 Å². The average molecular weight is 228 g/mol. The van der Waals surface area contributed by atoms with Crippen LogP contribution in [0, 0.1) is 0 Å². The molecule has 0 bridgehead atoms. The minimum Gasteiger partial charge on any atom is -0.395 e. The standard InChI is InChI=1S/C5H9IO2/c6-5(3-7)1-2-8-4-5/h7H,1-4H2/t5-/m1/s1. The number of alkyl halides is 1. The molecule has 0 saturated carbocycles. The van der Waals surface area contributed by atoms with Gasteiger partial charge < -0.3 is 9.84 Å². The SMILES string of the molecule is OC[C@]1(I)CCOC1. The molecule has 1 N–H and O–H groups in total. The van der Waals surface area contributed by atoms with E-state index < -0.39 is 0 Å². The minimum atomic E-state index is 0.0394. The highest BCUT2D eigenvalue weighted by Crippen LogP contribution is 2.27. The number of ether oxygens (including phenoxy) is 1. The van der Waals surface area contributed by atoms with Crippen LogP contribution < -0.4 is 0 Å². The molecule has 0 amide bonds. The fourth-order valence-electron chi connectivity index (χ4n) is 0.707. The Morgan fingerprint density at radius 3 is 2.75 bits per heavy atom. The fourth-order valence-corrected chi connectivity index (χ4v) is 1.15. The maximum Gasteiger partial charge on any atom is 0.0707 e. The monoisotopic (exact) mass is 228 g/mol. The zero-order chi connectivity index (χ0) is 6.04. The van der Waals surface area contributed by atoms with Crippen molar-refractivity contribution in [3.63, 3.8) is 0 Å². The Labute approximate surface area is 62.4 Å². The van der Waals surface area contributed by atoms with E-state index in [-0.39, 0.29) is 10.0 Å². The second-order valence-corrected chi connectivity index (χ2v) is 4.40. The largest absolute Gasteiger partial charge is 0.395 e. The highest BCUT2D eigenvalue weighted by Gasteiger charge is 2.30. The van der Waals surface area contributed by atoms with Gasteiger partial charge in [0.05, 0.1) is 16.6 Å². The first-order valence-corrected chi connectivity index (χ1v) is 3.72. The van der Waals surface area contributed by atoms with Crippen molar-refractivity contribution < 1.29 is 9.84 Å². The van der Waals surface area contributed by atoms with Gasteiger partial charge in [0.15, 0.2) is 0 Å². The molecule has 1 aliphatic rings. The van der Waals surface area contributed by atoms with E-state index >= 15 is 0 Å². The van der Waals surface area contributed by atoms with Crippen molar-refractivity contribution >= 4 is 22.6 Å². The summed E-state index contributed by atoms with van der Waals surface area (Å²) in [5.41, 5.74) is 0. The van der Waals surface area contributed by atoms with Gasteiger partial charge in [-0.3, -0.25) is 0 Å². The first-order valence-electron chi connectivity index (χ1n) is 2.64. The van der Waals surface area contributed by atoms with Crippen LogP contribution in [-0.4, -0.2) is 28.3 Å². The molecule has 1 aliphatic heterocycles. The number of hydrogen-bond acceptors (Lipinski definition) is 2. The summed E-state index contributed by atoms with van der Waals surface area (Å²) in [6, 6.07) is 0. The van der Waals surface area contributed by atoms with Gasteiger partial charge in [0.2, 0.25) is 0 Å². The molecule has 0 aromatic carbocycles. The molecule has 1 heterocycles. The van der Waals surface area contributed by atoms with Gasteiger partial charge >= 0.3 is 0 Å². The molecule has 0 aliphatic carbocycles. The van der Waals surface area contributed by atoms with Crippen molar-refractivity contribution in [1.82, 2.24) is 0 Å². The summed E-state index contributed by atoms with van der Waals surface area (Å²) in [4.78, 5) is 0. The van der Waals surface area contributed by atoms with Crippen molar-refractivity contribution in [3.8, 4) is 0 Å². The molecule has 48 valence electrons. The maximum absolute atomic E-state index is 8.74. The molecule has 1 fully saturated rings. The van der Waals surface area contributed by atoms with Crippen molar-refractivity contribution in [2.24, 2.45) is 0 Å². The van der Waals surface area contributed by atoms with E-state index in [0.717, 1.165) is 13.0 Å². The number of hydrogen-bond donors (Lipinski definition) is 1. The second kappa shape index (κ2) is 2.49. The first kappa shape index (κ1) is 6.77. The third-order valence-corrected chi connectivity index (χ3v) is 2.53. The van der Waals surface area contributed by atoms with Gasteiger partial charge in [0.25, 0.3) is 0 Å². The van der Waals surface area contributed by atoms with E-state index in [0.29, 0.717) is 6.61 Å². The van der Waals surface area contributed by atoms with Gasteiger partial charge in [0.1, 0.15) is 0 Å². The predicted molar refractivity (Wildman–Crippen MR) is 39.3 cm³/mol. The molecule has 0 aromatic rings. The van der Waals surface area contributed by atoms with Gasteiger partial charge in [-0.05, 0) is 6.42 Å². The van der Waals surface area contributed by atoms with Crippen LogP contribution in [0.5, 0.6) is 0 Å². The third kappa shape index (κ3) is 1.33. The lowest BCUT2D eigenvalue weighted by atomic mass is 10.1. The lowest BCUT2D eigenvalue weighted by Crippen LogP contribution is -2.24. The van der Waals surface area contributed by atoms with E-state index in [1.807, 2.05) is 0 Å². The quantitative estimate of drug-likeness (QED) is 0.525. The van der Waals surface area contributed by atoms with Crippen LogP contribution in [0.15, 0.2) is 0 Å². The Kier molecular flexibility index (Phi) is 2.11. The summed E-state index contributed by atoms with van der Waals surface area (Å²) >= 11 is 2.25. The zero-order valence-corrected chi connectivity index (χ0v) is 6.72. The molecule has 0 spiro atoms. The summed E-state index contributed by atoms with van der Waals surface area (Å²) in [5.74, 6) is 0. The van der Waals surface area contributed by atoms with Crippen LogP contribution in [0.3, 0.4) is 0 Å². The van der Waals surface area contributed by atoms with Crippen LogP contribution in [0.2, 0.25) is 0 Å². The van der Waals surface area contributed by atoms with Crippen LogP contribution in [0.4, 0.5) is 0 Å². The van der Waals surface area contributed by atoms with Gasteiger partial charge in [-0.2, -0.15) is 0 Å². The number of aliphatic hydroxyl groups excluding tert-OH is 1. The smallest absolute Gasteiger partial charge is 0.0707 e. The summed E-state index contributed by atoms with van der Waals surface area (Å²) in [7, 11) is 0. The summed E-state index contributed by atoms with van der Waals surface area (Å²) in [6.45, 7) is 1.76. The van der Waals surface area contributed by atoms with Crippen LogP contribution >= 0.6 is 22.6 Å². The molecule has 0 unspecified atom stereocenters. The summed E-state index contributed by atoms with van der Waals surface area (Å²) in [5, 5.41) is 8.74. The molecular weight excluding hydrogens is 219 g/mol. The van der Waals surface area contributed by atoms with Gasteiger partial charge in [-0.15, -0.1) is 0 Å². The van der Waals surface area contributed by atoms with E-state index in [1.165, 1.54) is 0 Å². The van der Waals surface area contributed by atoms with Crippen LogP contribution in [0.25, 0.3) is 0 Å². The lowest BCUT2D eigenvalue weighted by molar-refractivity contribution is 0.175. The van der Waals surface area contributed by atoms with Gasteiger partial charge in [-0.1, -0.05) is 22.6 Å². The number of halogens is 1. The predicted octanol–water partition coefficient (Wildman–Crippen LogP) is 0.573. The van der Waals surface area contributed by atoms with Crippen molar-refractivity contribution in [3.05, 3.63) is 0 Å². The first-order chi connectivity index (χ1) is 3.77. The van der Waals surface area contributed by atoms with Crippen LogP contribution in [0.1, 0.15) is 6.42 Å². The zero-order valence-electron chi connectivity index (χ0n) is 4.56. The highest BCUT2D eigenvalue weighted by atomic mass is 127. The van der Waals surface area contributed by atoms with Gasteiger partial charge in [-0.25, -0.2) is 0 Å². The summed E-state index contributed by atoms with van der Waals surface area (Å²) in [6.07, 6.45) is 0.990. The normalized spacial score (nSPS) is 38.2. The van der Waals surface area contributed by atoms with Crippen molar-refractivity contribution in [2.45, 2.75) is 9.84 Å². The van der Waals surface area contributed by atoms with E-state index in [1.54, 1.807) is 0 Å². The number of rotatable bonds is 1. The Balaban J connectivity index is 2.40. The summed E-state index contributed by atoms with van der Waals surface area (Å²) < 4.78 is 5.12.